The van der Waals surface area contributed by atoms with Crippen molar-refractivity contribution < 1.29 is 4.52 Å². The van der Waals surface area contributed by atoms with Gasteiger partial charge in [-0.15, -0.1) is 0 Å². The van der Waals surface area contributed by atoms with Crippen LogP contribution in [0.5, 0.6) is 0 Å². The van der Waals surface area contributed by atoms with E-state index in [2.05, 4.69) is 31.2 Å². The molecule has 0 spiro atoms. The molecule has 0 saturated carbocycles. The van der Waals surface area contributed by atoms with Gasteiger partial charge in [0.1, 0.15) is 12.4 Å². The summed E-state index contributed by atoms with van der Waals surface area (Å²) >= 11 is 3.45. The molecule has 1 aliphatic heterocycles. The molecule has 3 aromatic rings. The van der Waals surface area contributed by atoms with Crippen LogP contribution in [0.15, 0.2) is 38.1 Å². The van der Waals surface area contributed by atoms with Crippen LogP contribution >= 0.6 is 15.9 Å². The Balaban J connectivity index is 1.51. The molecule has 0 unspecified atom stereocenters. The molecule has 0 N–H and O–H groups in total. The SMILES string of the molecule is O=c1n(Cc2nc(Cc3cccc(Br)c3)no2)nc2n1CCCCC2. The molecule has 0 atom stereocenters. The first-order valence-corrected chi connectivity index (χ1v) is 9.21. The Morgan fingerprint density at radius 2 is 2.16 bits per heavy atom. The molecule has 7 nitrogen and oxygen atoms in total. The number of hydrogen-bond donors (Lipinski definition) is 0. The molecule has 0 radical (unpaired) electrons. The second kappa shape index (κ2) is 6.95. The summed E-state index contributed by atoms with van der Waals surface area (Å²) in [5.74, 6) is 1.86. The van der Waals surface area contributed by atoms with Gasteiger partial charge in [0, 0.05) is 23.9 Å². The average Bonchev–Trinajstić information content (AvgIpc) is 3.04. The molecule has 2 aromatic heterocycles. The quantitative estimate of drug-likeness (QED) is 0.668. The van der Waals surface area contributed by atoms with Gasteiger partial charge in [-0.25, -0.2) is 9.48 Å². The van der Waals surface area contributed by atoms with Gasteiger partial charge in [-0.05, 0) is 30.5 Å². The van der Waals surface area contributed by atoms with E-state index in [-0.39, 0.29) is 12.2 Å². The molecule has 0 bridgehead atoms. The number of rotatable bonds is 4. The molecule has 1 aromatic carbocycles. The highest BCUT2D eigenvalue weighted by molar-refractivity contribution is 9.10. The van der Waals surface area contributed by atoms with Crippen LogP contribution in [0.3, 0.4) is 0 Å². The maximum atomic E-state index is 12.5. The van der Waals surface area contributed by atoms with Crippen LogP contribution in [-0.4, -0.2) is 24.5 Å². The lowest BCUT2D eigenvalue weighted by Gasteiger charge is -1.97. The van der Waals surface area contributed by atoms with E-state index in [9.17, 15) is 4.79 Å². The fourth-order valence-corrected chi connectivity index (χ4v) is 3.56. The Labute approximate surface area is 152 Å². The molecular weight excluding hydrogens is 386 g/mol. The molecule has 0 fully saturated rings. The van der Waals surface area contributed by atoms with Gasteiger partial charge in [-0.2, -0.15) is 10.1 Å². The van der Waals surface area contributed by atoms with Crippen molar-refractivity contribution >= 4 is 15.9 Å². The van der Waals surface area contributed by atoms with Gasteiger partial charge in [0.05, 0.1) is 0 Å². The van der Waals surface area contributed by atoms with Gasteiger partial charge in [-0.1, -0.05) is 39.6 Å². The minimum Gasteiger partial charge on any atom is -0.337 e. The fourth-order valence-electron chi connectivity index (χ4n) is 3.11. The Kier molecular flexibility index (Phi) is 4.52. The maximum Gasteiger partial charge on any atom is 0.346 e. The number of benzene rings is 1. The maximum absolute atomic E-state index is 12.5. The predicted octanol–water partition coefficient (Wildman–Crippen LogP) is 2.56. The van der Waals surface area contributed by atoms with Crippen molar-refractivity contribution in [1.29, 1.82) is 0 Å². The third-order valence-electron chi connectivity index (χ3n) is 4.33. The lowest BCUT2D eigenvalue weighted by molar-refractivity contribution is 0.359. The first-order valence-electron chi connectivity index (χ1n) is 8.41. The van der Waals surface area contributed by atoms with Crippen molar-refractivity contribution in [1.82, 2.24) is 24.5 Å². The van der Waals surface area contributed by atoms with Crippen LogP contribution in [0.25, 0.3) is 0 Å². The van der Waals surface area contributed by atoms with E-state index < -0.39 is 0 Å². The second-order valence-corrected chi connectivity index (χ2v) is 7.15. The minimum absolute atomic E-state index is 0.0939. The number of aryl methyl sites for hydroxylation is 1. The lowest BCUT2D eigenvalue weighted by atomic mass is 10.1. The zero-order valence-corrected chi connectivity index (χ0v) is 15.3. The van der Waals surface area contributed by atoms with Gasteiger partial charge < -0.3 is 4.52 Å². The van der Waals surface area contributed by atoms with E-state index in [1.807, 2.05) is 24.3 Å². The van der Waals surface area contributed by atoms with E-state index in [1.54, 1.807) is 4.57 Å². The number of hydrogen-bond acceptors (Lipinski definition) is 5. The first kappa shape index (κ1) is 16.3. The van der Waals surface area contributed by atoms with Crippen LogP contribution in [0, 0.1) is 0 Å². The third-order valence-corrected chi connectivity index (χ3v) is 4.82. The van der Waals surface area contributed by atoms with Crippen molar-refractivity contribution in [2.45, 2.75) is 45.2 Å². The highest BCUT2D eigenvalue weighted by atomic mass is 79.9. The normalized spacial score (nSPS) is 14.3. The summed E-state index contributed by atoms with van der Waals surface area (Å²) in [6.45, 7) is 0.955. The summed E-state index contributed by atoms with van der Waals surface area (Å²) in [6, 6.07) is 7.98. The van der Waals surface area contributed by atoms with Crippen molar-refractivity contribution in [2.24, 2.45) is 0 Å². The van der Waals surface area contributed by atoms with E-state index in [0.29, 0.717) is 18.1 Å². The number of fused-ring (bicyclic) bond motifs is 1. The molecule has 1 aliphatic rings. The first-order chi connectivity index (χ1) is 12.2. The molecule has 4 rings (SSSR count). The van der Waals surface area contributed by atoms with Crippen LogP contribution in [-0.2, 0) is 25.9 Å². The average molecular weight is 404 g/mol. The van der Waals surface area contributed by atoms with E-state index in [4.69, 9.17) is 4.52 Å². The summed E-state index contributed by atoms with van der Waals surface area (Å²) in [5.41, 5.74) is 0.997. The van der Waals surface area contributed by atoms with E-state index in [0.717, 1.165) is 48.1 Å². The summed E-state index contributed by atoms with van der Waals surface area (Å²) in [6.07, 6.45) is 4.67. The smallest absolute Gasteiger partial charge is 0.337 e. The third kappa shape index (κ3) is 3.58. The van der Waals surface area contributed by atoms with Crippen LogP contribution in [0.1, 0.15) is 42.4 Å². The number of aromatic nitrogens is 5. The van der Waals surface area contributed by atoms with Crippen LogP contribution in [0.4, 0.5) is 0 Å². The molecule has 130 valence electrons. The molecule has 3 heterocycles. The molecule has 25 heavy (non-hydrogen) atoms. The highest BCUT2D eigenvalue weighted by Crippen LogP contribution is 2.14. The summed E-state index contributed by atoms with van der Waals surface area (Å²) < 4.78 is 9.51. The Morgan fingerprint density at radius 3 is 3.04 bits per heavy atom. The lowest BCUT2D eigenvalue weighted by Crippen LogP contribution is -2.25. The van der Waals surface area contributed by atoms with Crippen molar-refractivity contribution in [3.8, 4) is 0 Å². The van der Waals surface area contributed by atoms with Crippen molar-refractivity contribution in [2.75, 3.05) is 0 Å². The Hall–Kier alpha value is -2.22. The van der Waals surface area contributed by atoms with Gasteiger partial charge in [0.15, 0.2) is 5.82 Å². The van der Waals surface area contributed by atoms with Gasteiger partial charge in [-0.3, -0.25) is 4.57 Å². The zero-order valence-electron chi connectivity index (χ0n) is 13.7. The van der Waals surface area contributed by atoms with Crippen LogP contribution < -0.4 is 5.69 Å². The predicted molar refractivity (Wildman–Crippen MR) is 94.4 cm³/mol. The van der Waals surface area contributed by atoms with Gasteiger partial charge in [0.2, 0.25) is 5.89 Å². The number of nitrogens with zero attached hydrogens (tertiary/aromatic N) is 5. The summed E-state index contributed by atoms with van der Waals surface area (Å²) in [7, 11) is 0. The molecule has 0 aliphatic carbocycles. The molecular formula is C17H18BrN5O2. The fraction of sp³-hybridized carbons (Fsp3) is 0.412. The van der Waals surface area contributed by atoms with E-state index >= 15 is 0 Å². The Morgan fingerprint density at radius 1 is 1.24 bits per heavy atom. The van der Waals surface area contributed by atoms with Crippen LogP contribution in [0.2, 0.25) is 0 Å². The van der Waals surface area contributed by atoms with Gasteiger partial charge >= 0.3 is 5.69 Å². The zero-order chi connectivity index (χ0) is 17.2. The molecule has 0 saturated heterocycles. The Bertz CT molecular complexity index is 943. The molecule has 8 heteroatoms. The highest BCUT2D eigenvalue weighted by Gasteiger charge is 2.17. The van der Waals surface area contributed by atoms with Crippen molar-refractivity contribution in [3.63, 3.8) is 0 Å². The monoisotopic (exact) mass is 403 g/mol. The minimum atomic E-state index is -0.0939. The number of halogens is 1. The molecule has 0 amide bonds. The van der Waals surface area contributed by atoms with Gasteiger partial charge in [0.25, 0.3) is 0 Å². The van der Waals surface area contributed by atoms with E-state index in [1.165, 1.54) is 4.68 Å². The summed E-state index contributed by atoms with van der Waals surface area (Å²) in [4.78, 5) is 16.9. The summed E-state index contributed by atoms with van der Waals surface area (Å²) in [5, 5.41) is 8.46. The topological polar surface area (TPSA) is 78.7 Å². The largest absolute Gasteiger partial charge is 0.346 e. The van der Waals surface area contributed by atoms with Crippen molar-refractivity contribution in [3.05, 3.63) is 62.3 Å². The second-order valence-electron chi connectivity index (χ2n) is 6.23. The standard InChI is InChI=1S/C17H18BrN5O2/c18-13-6-4-5-12(9-13)10-14-19-16(25-21-14)11-23-17(24)22-8-3-1-2-7-15(22)20-23/h4-6,9H,1-3,7-8,10-11H2.